The number of hydrogen-bond acceptors (Lipinski definition) is 4. The maximum absolute atomic E-state index is 12.9. The maximum Gasteiger partial charge on any atom is 0.256 e. The van der Waals surface area contributed by atoms with Crippen molar-refractivity contribution in [3.05, 3.63) is 120 Å². The van der Waals surface area contributed by atoms with Crippen molar-refractivity contribution in [2.45, 2.75) is 13.2 Å². The van der Waals surface area contributed by atoms with E-state index >= 15 is 0 Å². The first-order valence-corrected chi connectivity index (χ1v) is 11.4. The molecule has 1 amide bonds. The molecule has 6 nitrogen and oxygen atoms in total. The van der Waals surface area contributed by atoms with E-state index in [4.69, 9.17) is 9.47 Å². The number of ether oxygens (including phenoxy) is 2. The highest BCUT2D eigenvalue weighted by Crippen LogP contribution is 2.26. The van der Waals surface area contributed by atoms with E-state index in [9.17, 15) is 4.79 Å². The number of amides is 1. The molecule has 0 bridgehead atoms. The van der Waals surface area contributed by atoms with Crippen LogP contribution in [0.3, 0.4) is 0 Å². The molecule has 0 fully saturated rings. The van der Waals surface area contributed by atoms with Crippen LogP contribution in [0.25, 0.3) is 10.8 Å². The summed E-state index contributed by atoms with van der Waals surface area (Å²) in [5, 5.41) is 9.82. The molecule has 0 saturated heterocycles. The highest BCUT2D eigenvalue weighted by molar-refractivity contribution is 6.03. The Morgan fingerprint density at radius 1 is 0.886 bits per heavy atom. The number of carbonyl (C=O) groups is 1. The number of aromatic nitrogens is 2. The van der Waals surface area contributed by atoms with Crippen molar-refractivity contribution in [3.8, 4) is 11.5 Å². The van der Waals surface area contributed by atoms with Crippen LogP contribution < -0.4 is 14.8 Å². The predicted octanol–water partition coefficient (Wildman–Crippen LogP) is 5.92. The fourth-order valence-electron chi connectivity index (χ4n) is 4.01. The van der Waals surface area contributed by atoms with Crippen LogP contribution >= 0.6 is 0 Å². The van der Waals surface area contributed by atoms with E-state index in [1.165, 1.54) is 16.3 Å². The Kier molecular flexibility index (Phi) is 6.44. The van der Waals surface area contributed by atoms with Gasteiger partial charge >= 0.3 is 0 Å². The predicted molar refractivity (Wildman–Crippen MR) is 137 cm³/mol. The third-order valence-corrected chi connectivity index (χ3v) is 5.75. The molecule has 0 radical (unpaired) electrons. The number of carbonyl (C=O) groups excluding carboxylic acids is 1. The summed E-state index contributed by atoms with van der Waals surface area (Å²) >= 11 is 0. The fraction of sp³-hybridized carbons (Fsp3) is 0.103. The van der Waals surface area contributed by atoms with Crippen LogP contribution in [0, 0.1) is 0 Å². The smallest absolute Gasteiger partial charge is 0.256 e. The normalized spacial score (nSPS) is 10.8. The van der Waals surface area contributed by atoms with E-state index < -0.39 is 0 Å². The van der Waals surface area contributed by atoms with Gasteiger partial charge in [0.05, 0.1) is 13.7 Å². The zero-order chi connectivity index (χ0) is 24.0. The van der Waals surface area contributed by atoms with Crippen LogP contribution in [-0.2, 0) is 13.2 Å². The van der Waals surface area contributed by atoms with Crippen molar-refractivity contribution in [2.75, 3.05) is 12.4 Å². The van der Waals surface area contributed by atoms with Gasteiger partial charge in [0, 0.05) is 17.8 Å². The lowest BCUT2D eigenvalue weighted by Gasteiger charge is -2.11. The summed E-state index contributed by atoms with van der Waals surface area (Å²) in [6.45, 7) is 0.939. The molecule has 0 aliphatic heterocycles. The van der Waals surface area contributed by atoms with Gasteiger partial charge in [0.2, 0.25) is 0 Å². The highest BCUT2D eigenvalue weighted by atomic mass is 16.5. The average Bonchev–Trinajstić information content (AvgIpc) is 3.34. The molecule has 0 atom stereocenters. The molecule has 1 heterocycles. The molecule has 4 aromatic carbocycles. The van der Waals surface area contributed by atoms with E-state index in [-0.39, 0.29) is 5.91 Å². The van der Waals surface area contributed by atoms with Gasteiger partial charge < -0.3 is 14.8 Å². The minimum Gasteiger partial charge on any atom is -0.493 e. The second kappa shape index (κ2) is 10.1. The molecule has 1 aromatic heterocycles. The lowest BCUT2D eigenvalue weighted by Crippen LogP contribution is -2.13. The first-order valence-electron chi connectivity index (χ1n) is 11.4. The molecular formula is C29H25N3O3. The number of nitrogens with one attached hydrogen (secondary N) is 1. The van der Waals surface area contributed by atoms with Gasteiger partial charge in [-0.2, -0.15) is 5.10 Å². The molecule has 174 valence electrons. The fourth-order valence-corrected chi connectivity index (χ4v) is 4.01. The van der Waals surface area contributed by atoms with Crippen LogP contribution in [0.1, 0.15) is 21.5 Å². The van der Waals surface area contributed by atoms with Gasteiger partial charge in [0.25, 0.3) is 5.91 Å². The minimum atomic E-state index is -0.223. The number of benzene rings is 4. The third kappa shape index (κ3) is 5.17. The first kappa shape index (κ1) is 22.2. The molecule has 5 rings (SSSR count). The second-order valence-electron chi connectivity index (χ2n) is 8.13. The topological polar surface area (TPSA) is 65.4 Å². The molecule has 0 aliphatic carbocycles. The monoisotopic (exact) mass is 463 g/mol. The van der Waals surface area contributed by atoms with Gasteiger partial charge in [-0.25, -0.2) is 0 Å². The number of hydrogen-bond donors (Lipinski definition) is 1. The van der Waals surface area contributed by atoms with E-state index in [0.29, 0.717) is 36.0 Å². The number of rotatable bonds is 8. The van der Waals surface area contributed by atoms with Crippen molar-refractivity contribution in [1.82, 2.24) is 9.78 Å². The van der Waals surface area contributed by atoms with Crippen LogP contribution in [0.15, 0.2) is 103 Å². The van der Waals surface area contributed by atoms with Crippen LogP contribution in [0.4, 0.5) is 5.82 Å². The molecule has 1 N–H and O–H groups in total. The number of para-hydroxylation sites is 2. The Labute approximate surface area is 203 Å². The van der Waals surface area contributed by atoms with Gasteiger partial charge in [0.15, 0.2) is 17.3 Å². The van der Waals surface area contributed by atoms with Crippen LogP contribution in [0.5, 0.6) is 11.5 Å². The molecule has 0 unspecified atom stereocenters. The van der Waals surface area contributed by atoms with Crippen molar-refractivity contribution in [1.29, 1.82) is 0 Å². The van der Waals surface area contributed by atoms with Crippen molar-refractivity contribution in [3.63, 3.8) is 0 Å². The Morgan fingerprint density at radius 2 is 1.66 bits per heavy atom. The maximum atomic E-state index is 12.9. The summed E-state index contributed by atoms with van der Waals surface area (Å²) < 4.78 is 13.0. The number of nitrogens with zero attached hydrogens (tertiary/aromatic N) is 2. The quantitative estimate of drug-likeness (QED) is 0.310. The van der Waals surface area contributed by atoms with Crippen LogP contribution in [-0.4, -0.2) is 22.8 Å². The molecule has 5 aromatic rings. The lowest BCUT2D eigenvalue weighted by molar-refractivity contribution is 0.102. The summed E-state index contributed by atoms with van der Waals surface area (Å²) in [5.74, 6) is 1.60. The molecule has 0 spiro atoms. The zero-order valence-electron chi connectivity index (χ0n) is 19.3. The Bertz CT molecular complexity index is 1470. The van der Waals surface area contributed by atoms with Gasteiger partial charge in [-0.1, -0.05) is 66.7 Å². The Balaban J connectivity index is 1.24. The first-order chi connectivity index (χ1) is 17.2. The van der Waals surface area contributed by atoms with Gasteiger partial charge in [-0.05, 0) is 46.2 Å². The van der Waals surface area contributed by atoms with E-state index in [1.807, 2.05) is 65.5 Å². The molecule has 0 aliphatic rings. The lowest BCUT2D eigenvalue weighted by atomic mass is 10.0. The summed E-state index contributed by atoms with van der Waals surface area (Å²) in [6, 6.07) is 31.2. The van der Waals surface area contributed by atoms with E-state index in [2.05, 4.69) is 40.7 Å². The number of anilines is 1. The largest absolute Gasteiger partial charge is 0.493 e. The van der Waals surface area contributed by atoms with Crippen molar-refractivity contribution >= 4 is 22.5 Å². The van der Waals surface area contributed by atoms with Gasteiger partial charge in [-0.3, -0.25) is 9.48 Å². The average molecular weight is 464 g/mol. The van der Waals surface area contributed by atoms with E-state index in [0.717, 1.165) is 5.56 Å². The Hall–Kier alpha value is -4.58. The standard InChI is InChI=1S/C29H25N3O3/c1-34-26-14-4-5-15-27(26)35-20-21-8-6-11-23(18-21)29(33)30-28-16-17-32(31-28)19-24-12-7-10-22-9-2-3-13-25(22)24/h2-18H,19-20H2,1H3,(H,30,31,33). The molecular weight excluding hydrogens is 438 g/mol. The molecule has 6 heteroatoms. The third-order valence-electron chi connectivity index (χ3n) is 5.75. The summed E-state index contributed by atoms with van der Waals surface area (Å²) in [5.41, 5.74) is 2.59. The second-order valence-corrected chi connectivity index (χ2v) is 8.13. The zero-order valence-corrected chi connectivity index (χ0v) is 19.3. The summed E-state index contributed by atoms with van der Waals surface area (Å²) in [7, 11) is 1.61. The summed E-state index contributed by atoms with van der Waals surface area (Å²) in [6.07, 6.45) is 1.87. The van der Waals surface area contributed by atoms with Crippen LogP contribution in [0.2, 0.25) is 0 Å². The van der Waals surface area contributed by atoms with E-state index in [1.54, 1.807) is 19.2 Å². The summed E-state index contributed by atoms with van der Waals surface area (Å²) in [4.78, 5) is 12.9. The minimum absolute atomic E-state index is 0.223. The molecule has 35 heavy (non-hydrogen) atoms. The Morgan fingerprint density at radius 3 is 2.54 bits per heavy atom. The molecule has 0 saturated carbocycles. The number of methoxy groups -OCH3 is 1. The van der Waals surface area contributed by atoms with Crippen molar-refractivity contribution in [2.24, 2.45) is 0 Å². The van der Waals surface area contributed by atoms with Crippen molar-refractivity contribution < 1.29 is 14.3 Å². The van der Waals surface area contributed by atoms with Gasteiger partial charge in [-0.15, -0.1) is 0 Å². The van der Waals surface area contributed by atoms with Gasteiger partial charge in [0.1, 0.15) is 6.61 Å². The SMILES string of the molecule is COc1ccccc1OCc1cccc(C(=O)Nc2ccn(Cc3cccc4ccccc34)n2)c1. The number of fused-ring (bicyclic) bond motifs is 1. The highest BCUT2D eigenvalue weighted by Gasteiger charge is 2.11.